The minimum absolute atomic E-state index is 0.639. The molecule has 2 aliphatic rings. The van der Waals surface area contributed by atoms with Crippen molar-refractivity contribution in [1.82, 2.24) is 9.80 Å². The molecule has 0 aliphatic carbocycles. The normalized spacial score (nSPS) is 20.6. The average molecular weight is 444 g/mol. The first-order chi connectivity index (χ1) is 15.2. The Hall–Kier alpha value is -1.95. The molecule has 2 heterocycles. The van der Waals surface area contributed by atoms with Gasteiger partial charge in [0.2, 0.25) is 0 Å². The quantitative estimate of drug-likeness (QED) is 0.626. The van der Waals surface area contributed by atoms with E-state index in [9.17, 15) is 0 Å². The summed E-state index contributed by atoms with van der Waals surface area (Å²) in [6.07, 6.45) is 2.55. The molecule has 2 aromatic rings. The average Bonchev–Trinajstić information content (AvgIpc) is 2.80. The summed E-state index contributed by atoms with van der Waals surface area (Å²) in [5.74, 6) is 1.65. The van der Waals surface area contributed by atoms with E-state index >= 15 is 0 Å². The highest BCUT2D eigenvalue weighted by molar-refractivity contribution is 6.30. The molecule has 2 fully saturated rings. The highest BCUT2D eigenvalue weighted by Crippen LogP contribution is 2.29. The summed E-state index contributed by atoms with van der Waals surface area (Å²) < 4.78 is 11.2. The van der Waals surface area contributed by atoms with Crippen molar-refractivity contribution in [2.45, 2.75) is 32.4 Å². The molecule has 0 bridgehead atoms. The largest absolute Gasteiger partial charge is 0.493 e. The fraction of sp³-hybridized carbons (Fsp3) is 0.520. The lowest BCUT2D eigenvalue weighted by Crippen LogP contribution is -2.55. The van der Waals surface area contributed by atoms with E-state index in [1.165, 1.54) is 24.1 Å². The summed E-state index contributed by atoms with van der Waals surface area (Å²) >= 11 is 6.18. The van der Waals surface area contributed by atoms with Gasteiger partial charge >= 0.3 is 0 Å². The zero-order chi connectivity index (χ0) is 21.6. The first kappa shape index (κ1) is 22.3. The number of piperidine rings is 1. The van der Waals surface area contributed by atoms with Crippen LogP contribution in [-0.2, 0) is 6.54 Å². The SMILES string of the molecule is CCOc1cc(CN2CCCC(N3CCN(c4cccc(Cl)c4)CC3)C2)ccc1OC. The van der Waals surface area contributed by atoms with Gasteiger partial charge in [-0.2, -0.15) is 0 Å². The molecule has 0 saturated carbocycles. The fourth-order valence-electron chi connectivity index (χ4n) is 4.84. The van der Waals surface area contributed by atoms with Gasteiger partial charge in [0.05, 0.1) is 13.7 Å². The number of anilines is 1. The molecule has 0 amide bonds. The maximum Gasteiger partial charge on any atom is 0.161 e. The molecule has 31 heavy (non-hydrogen) atoms. The molecule has 2 saturated heterocycles. The molecule has 0 aromatic heterocycles. The number of piperazine rings is 1. The molecule has 2 aliphatic heterocycles. The number of methoxy groups -OCH3 is 1. The number of hydrogen-bond acceptors (Lipinski definition) is 5. The third-order valence-corrected chi connectivity index (χ3v) is 6.65. The van der Waals surface area contributed by atoms with Crippen molar-refractivity contribution < 1.29 is 9.47 Å². The van der Waals surface area contributed by atoms with Crippen molar-refractivity contribution in [1.29, 1.82) is 0 Å². The van der Waals surface area contributed by atoms with Crippen LogP contribution in [0.15, 0.2) is 42.5 Å². The minimum atomic E-state index is 0.639. The fourth-order valence-corrected chi connectivity index (χ4v) is 5.02. The first-order valence-electron chi connectivity index (χ1n) is 11.4. The monoisotopic (exact) mass is 443 g/mol. The van der Waals surface area contributed by atoms with E-state index in [2.05, 4.69) is 39.0 Å². The number of halogens is 1. The molecule has 1 atom stereocenters. The summed E-state index contributed by atoms with van der Waals surface area (Å²) in [6.45, 7) is 10.3. The van der Waals surface area contributed by atoms with E-state index in [-0.39, 0.29) is 0 Å². The van der Waals surface area contributed by atoms with Gasteiger partial charge in [-0.1, -0.05) is 23.7 Å². The number of rotatable bonds is 7. The Balaban J connectivity index is 1.32. The topological polar surface area (TPSA) is 28.2 Å². The van der Waals surface area contributed by atoms with Crippen LogP contribution in [0.5, 0.6) is 11.5 Å². The van der Waals surface area contributed by atoms with Crippen LogP contribution in [0, 0.1) is 0 Å². The summed E-state index contributed by atoms with van der Waals surface area (Å²) in [7, 11) is 1.69. The summed E-state index contributed by atoms with van der Waals surface area (Å²) in [4.78, 5) is 7.73. The maximum absolute atomic E-state index is 6.18. The minimum Gasteiger partial charge on any atom is -0.493 e. The van der Waals surface area contributed by atoms with Crippen molar-refractivity contribution in [3.05, 3.63) is 53.1 Å². The van der Waals surface area contributed by atoms with E-state index < -0.39 is 0 Å². The maximum atomic E-state index is 6.18. The predicted octanol–water partition coefficient (Wildman–Crippen LogP) is 4.53. The van der Waals surface area contributed by atoms with Crippen molar-refractivity contribution in [3.8, 4) is 11.5 Å². The molecule has 6 heteroatoms. The Morgan fingerprint density at radius 3 is 2.58 bits per heavy atom. The number of likely N-dealkylation sites (tertiary alicyclic amines) is 1. The van der Waals surface area contributed by atoms with Crippen LogP contribution in [0.4, 0.5) is 5.69 Å². The van der Waals surface area contributed by atoms with Gasteiger partial charge in [0.15, 0.2) is 11.5 Å². The molecule has 0 radical (unpaired) electrons. The second-order valence-electron chi connectivity index (χ2n) is 8.45. The molecule has 0 spiro atoms. The van der Waals surface area contributed by atoms with Gasteiger partial charge in [-0.15, -0.1) is 0 Å². The van der Waals surface area contributed by atoms with Gasteiger partial charge in [0.25, 0.3) is 0 Å². The predicted molar refractivity (Wildman–Crippen MR) is 128 cm³/mol. The van der Waals surface area contributed by atoms with E-state index in [4.69, 9.17) is 21.1 Å². The van der Waals surface area contributed by atoms with Crippen molar-refractivity contribution in [2.75, 3.05) is 57.9 Å². The van der Waals surface area contributed by atoms with Gasteiger partial charge in [-0.25, -0.2) is 0 Å². The van der Waals surface area contributed by atoms with Crippen LogP contribution in [0.3, 0.4) is 0 Å². The second kappa shape index (κ2) is 10.6. The molecule has 1 unspecified atom stereocenters. The molecular formula is C25H34ClN3O2. The lowest BCUT2D eigenvalue weighted by molar-refractivity contribution is 0.0887. The zero-order valence-corrected chi connectivity index (χ0v) is 19.5. The van der Waals surface area contributed by atoms with Crippen LogP contribution in [-0.4, -0.2) is 68.8 Å². The standard InChI is InChI=1S/C25H34ClN3O2/c1-3-31-25-16-20(9-10-24(25)30-2)18-27-11-5-8-23(19-27)29-14-12-28(13-15-29)22-7-4-6-21(26)17-22/h4,6-7,9-10,16-17,23H,3,5,8,11-15,18-19H2,1-2H3. The summed E-state index contributed by atoms with van der Waals surface area (Å²) in [5.41, 5.74) is 2.53. The first-order valence-corrected chi connectivity index (χ1v) is 11.8. The number of ether oxygens (including phenoxy) is 2. The molecule has 168 valence electrons. The van der Waals surface area contributed by atoms with E-state index in [1.54, 1.807) is 7.11 Å². The van der Waals surface area contributed by atoms with E-state index in [0.29, 0.717) is 12.6 Å². The highest BCUT2D eigenvalue weighted by atomic mass is 35.5. The molecular weight excluding hydrogens is 410 g/mol. The molecule has 0 N–H and O–H groups in total. The third kappa shape index (κ3) is 5.65. The van der Waals surface area contributed by atoms with Crippen LogP contribution in [0.25, 0.3) is 0 Å². The molecule has 4 rings (SSSR count). The van der Waals surface area contributed by atoms with Gasteiger partial charge in [0.1, 0.15) is 0 Å². The molecule has 5 nitrogen and oxygen atoms in total. The Labute approximate surface area is 191 Å². The smallest absolute Gasteiger partial charge is 0.161 e. The van der Waals surface area contributed by atoms with Crippen LogP contribution in [0.2, 0.25) is 5.02 Å². The van der Waals surface area contributed by atoms with Gasteiger partial charge in [-0.3, -0.25) is 9.80 Å². The summed E-state index contributed by atoms with van der Waals surface area (Å²) in [5, 5.41) is 0.814. The van der Waals surface area contributed by atoms with E-state index in [0.717, 1.165) is 62.3 Å². The van der Waals surface area contributed by atoms with Gasteiger partial charge < -0.3 is 14.4 Å². The Morgan fingerprint density at radius 2 is 1.84 bits per heavy atom. The van der Waals surface area contributed by atoms with Crippen LogP contribution < -0.4 is 14.4 Å². The van der Waals surface area contributed by atoms with Crippen LogP contribution >= 0.6 is 11.6 Å². The lowest BCUT2D eigenvalue weighted by atomic mass is 10.0. The second-order valence-corrected chi connectivity index (χ2v) is 8.89. The van der Waals surface area contributed by atoms with Crippen LogP contribution in [0.1, 0.15) is 25.3 Å². The van der Waals surface area contributed by atoms with Gasteiger partial charge in [0, 0.05) is 56.0 Å². The van der Waals surface area contributed by atoms with Gasteiger partial charge in [-0.05, 0) is 62.2 Å². The van der Waals surface area contributed by atoms with Crippen molar-refractivity contribution in [3.63, 3.8) is 0 Å². The number of benzene rings is 2. The molecule has 2 aromatic carbocycles. The summed E-state index contributed by atoms with van der Waals surface area (Å²) in [6, 6.07) is 15.2. The van der Waals surface area contributed by atoms with Crippen molar-refractivity contribution >= 4 is 17.3 Å². The Kier molecular flexibility index (Phi) is 7.59. The number of hydrogen-bond donors (Lipinski definition) is 0. The lowest BCUT2D eigenvalue weighted by Gasteiger charge is -2.44. The van der Waals surface area contributed by atoms with Crippen molar-refractivity contribution in [2.24, 2.45) is 0 Å². The Bertz CT molecular complexity index is 854. The number of nitrogens with zero attached hydrogens (tertiary/aromatic N) is 3. The van der Waals surface area contributed by atoms with E-state index in [1.807, 2.05) is 25.1 Å². The zero-order valence-electron chi connectivity index (χ0n) is 18.7. The Morgan fingerprint density at radius 1 is 1.00 bits per heavy atom. The third-order valence-electron chi connectivity index (χ3n) is 6.42. The highest BCUT2D eigenvalue weighted by Gasteiger charge is 2.28.